The van der Waals surface area contributed by atoms with Crippen LogP contribution < -0.4 is 5.32 Å². The van der Waals surface area contributed by atoms with Crippen LogP contribution in [-0.2, 0) is 11.2 Å². The second-order valence-corrected chi connectivity index (χ2v) is 6.44. The normalized spacial score (nSPS) is 20.5. The van der Waals surface area contributed by atoms with Gasteiger partial charge < -0.3 is 10.1 Å². The first kappa shape index (κ1) is 16.4. The van der Waals surface area contributed by atoms with Crippen molar-refractivity contribution in [1.82, 2.24) is 19.5 Å². The number of imidazole rings is 1. The highest BCUT2D eigenvalue weighted by atomic mass is 19.1. The maximum atomic E-state index is 13.8. The molecule has 1 aliphatic heterocycles. The fourth-order valence-electron chi connectivity index (χ4n) is 3.10. The van der Waals surface area contributed by atoms with Gasteiger partial charge in [0.15, 0.2) is 5.65 Å². The van der Waals surface area contributed by atoms with Crippen LogP contribution in [0.15, 0.2) is 30.7 Å². The number of rotatable bonds is 0. The number of halogens is 1. The maximum absolute atomic E-state index is 13.8. The number of nitrogens with one attached hydrogen (secondary N) is 1. The van der Waals surface area contributed by atoms with Gasteiger partial charge in [0.05, 0.1) is 12.2 Å². The van der Waals surface area contributed by atoms with Gasteiger partial charge in [0.25, 0.3) is 0 Å². The highest BCUT2D eigenvalue weighted by Crippen LogP contribution is 2.25. The molecule has 0 spiro atoms. The number of cyclic esters (lactones) is 1. The molecular weight excluding hydrogens is 337 g/mol. The molecule has 1 N–H and O–H groups in total. The molecule has 0 saturated carbocycles. The molecule has 0 aromatic carbocycles. The molecule has 134 valence electrons. The van der Waals surface area contributed by atoms with Gasteiger partial charge in [0.1, 0.15) is 29.6 Å². The molecule has 2 bridgehead atoms. The summed E-state index contributed by atoms with van der Waals surface area (Å²) in [6, 6.07) is 4.83. The van der Waals surface area contributed by atoms with E-state index in [9.17, 15) is 9.18 Å². The molecule has 7 nitrogen and oxygen atoms in total. The summed E-state index contributed by atoms with van der Waals surface area (Å²) in [7, 11) is 0. The van der Waals surface area contributed by atoms with E-state index in [0.717, 1.165) is 11.3 Å². The van der Waals surface area contributed by atoms with E-state index in [1.807, 2.05) is 13.8 Å². The fourth-order valence-corrected chi connectivity index (χ4v) is 3.10. The van der Waals surface area contributed by atoms with Crippen molar-refractivity contribution in [2.45, 2.75) is 38.8 Å². The van der Waals surface area contributed by atoms with Crippen LogP contribution in [0.4, 0.5) is 15.0 Å². The molecule has 2 atom stereocenters. The van der Waals surface area contributed by atoms with Crippen LogP contribution >= 0.6 is 0 Å². The van der Waals surface area contributed by atoms with E-state index >= 15 is 0 Å². The Balaban J connectivity index is 1.82. The third-order valence-corrected chi connectivity index (χ3v) is 4.48. The van der Waals surface area contributed by atoms with Crippen LogP contribution in [0.2, 0.25) is 0 Å². The van der Waals surface area contributed by atoms with Crippen molar-refractivity contribution in [1.29, 1.82) is 0 Å². The van der Waals surface area contributed by atoms with E-state index in [0.29, 0.717) is 29.8 Å². The number of pyridine rings is 2. The number of hydrogen-bond donors (Lipinski definition) is 1. The van der Waals surface area contributed by atoms with Crippen LogP contribution in [0, 0.1) is 5.82 Å². The van der Waals surface area contributed by atoms with E-state index in [-0.39, 0.29) is 18.0 Å². The minimum absolute atomic E-state index is 0.206. The number of ether oxygens (including phenoxy) is 1. The molecule has 0 amide bonds. The highest BCUT2D eigenvalue weighted by Gasteiger charge is 2.20. The molecule has 8 heteroatoms. The summed E-state index contributed by atoms with van der Waals surface area (Å²) in [6.45, 7) is 3.74. The number of aromatic nitrogens is 4. The molecule has 3 aromatic rings. The smallest absolute Gasteiger partial charge is 0.421 e. The SMILES string of the molecule is C[C@@H]1CCc2ncc(F)cc2[C@@H](C)Nc2ccc3ncn(c3n2)C(=O)O1. The quantitative estimate of drug-likeness (QED) is 0.665. The van der Waals surface area contributed by atoms with Gasteiger partial charge in [0, 0.05) is 5.69 Å². The number of carbonyl (C=O) groups excluding carboxylic acids is 1. The van der Waals surface area contributed by atoms with Crippen molar-refractivity contribution in [3.05, 3.63) is 47.8 Å². The zero-order valence-corrected chi connectivity index (χ0v) is 14.4. The van der Waals surface area contributed by atoms with Crippen LogP contribution in [0.5, 0.6) is 0 Å². The Hall–Kier alpha value is -3.03. The molecule has 3 aromatic heterocycles. The zero-order valence-electron chi connectivity index (χ0n) is 14.4. The van der Waals surface area contributed by atoms with Crippen LogP contribution in [-0.4, -0.2) is 31.7 Å². The van der Waals surface area contributed by atoms with Gasteiger partial charge in [-0.05, 0) is 50.5 Å². The van der Waals surface area contributed by atoms with Crippen LogP contribution in [0.1, 0.15) is 37.6 Å². The van der Waals surface area contributed by atoms with Gasteiger partial charge in [-0.25, -0.2) is 23.7 Å². The minimum Gasteiger partial charge on any atom is -0.446 e. The first-order chi connectivity index (χ1) is 12.5. The number of nitrogens with zero attached hydrogens (tertiary/aromatic N) is 4. The second kappa shape index (κ2) is 6.36. The molecule has 0 fully saturated rings. The topological polar surface area (TPSA) is 81.9 Å². The predicted octanol–water partition coefficient (Wildman–Crippen LogP) is 3.46. The Bertz CT molecular complexity index is 987. The van der Waals surface area contributed by atoms with Crippen molar-refractivity contribution < 1.29 is 13.9 Å². The zero-order chi connectivity index (χ0) is 18.3. The second-order valence-electron chi connectivity index (χ2n) is 6.44. The van der Waals surface area contributed by atoms with Crippen molar-refractivity contribution in [2.75, 3.05) is 5.32 Å². The first-order valence-electron chi connectivity index (χ1n) is 8.47. The summed E-state index contributed by atoms with van der Waals surface area (Å²) in [4.78, 5) is 25.3. The summed E-state index contributed by atoms with van der Waals surface area (Å²) in [5.41, 5.74) is 2.54. The Morgan fingerprint density at radius 2 is 2.15 bits per heavy atom. The van der Waals surface area contributed by atoms with Gasteiger partial charge in [-0.3, -0.25) is 4.98 Å². The van der Waals surface area contributed by atoms with Crippen molar-refractivity contribution in [3.8, 4) is 0 Å². The van der Waals surface area contributed by atoms with E-state index in [1.54, 1.807) is 12.1 Å². The number of hydrogen-bond acceptors (Lipinski definition) is 6. The van der Waals surface area contributed by atoms with Gasteiger partial charge in [-0.15, -0.1) is 0 Å². The fraction of sp³-hybridized carbons (Fsp3) is 0.333. The number of carbonyl (C=O) groups is 1. The standard InChI is InChI=1S/C18H18FN5O2/c1-10-3-4-14-13(7-12(19)8-20-14)11(2)22-16-6-5-15-17(23-16)24(9-21-15)18(25)26-10/h5-11H,3-4H2,1-2H3,(H,22,23)/t10-,11-/m1/s1. The molecule has 4 rings (SSSR count). The van der Waals surface area contributed by atoms with Crippen molar-refractivity contribution in [2.24, 2.45) is 0 Å². The average Bonchev–Trinajstić information content (AvgIpc) is 3.03. The Kier molecular flexibility index (Phi) is 4.02. The number of fused-ring (bicyclic) bond motifs is 2. The highest BCUT2D eigenvalue weighted by molar-refractivity contribution is 5.84. The third-order valence-electron chi connectivity index (χ3n) is 4.48. The monoisotopic (exact) mass is 355 g/mol. The molecule has 1 aliphatic rings. The number of aryl methyl sites for hydroxylation is 1. The lowest BCUT2D eigenvalue weighted by atomic mass is 10.0. The summed E-state index contributed by atoms with van der Waals surface area (Å²) in [5.74, 6) is 0.171. The first-order valence-corrected chi connectivity index (χ1v) is 8.47. The lowest BCUT2D eigenvalue weighted by molar-refractivity contribution is 0.104. The largest absolute Gasteiger partial charge is 0.446 e. The van der Waals surface area contributed by atoms with Gasteiger partial charge in [-0.2, -0.15) is 0 Å². The molecule has 0 saturated heterocycles. The maximum Gasteiger partial charge on any atom is 0.421 e. The van der Waals surface area contributed by atoms with Gasteiger partial charge >= 0.3 is 6.09 Å². The lowest BCUT2D eigenvalue weighted by Crippen LogP contribution is -2.20. The average molecular weight is 355 g/mol. The lowest BCUT2D eigenvalue weighted by Gasteiger charge is -2.18. The Morgan fingerprint density at radius 3 is 3.00 bits per heavy atom. The molecule has 0 radical (unpaired) electrons. The molecule has 0 unspecified atom stereocenters. The third kappa shape index (κ3) is 2.98. The van der Waals surface area contributed by atoms with Gasteiger partial charge in [0.2, 0.25) is 0 Å². The molecular formula is C18H18FN5O2. The summed E-state index contributed by atoms with van der Waals surface area (Å²) >= 11 is 0. The van der Waals surface area contributed by atoms with Crippen LogP contribution in [0.3, 0.4) is 0 Å². The molecule has 4 heterocycles. The van der Waals surface area contributed by atoms with E-state index < -0.39 is 6.09 Å². The van der Waals surface area contributed by atoms with E-state index in [2.05, 4.69) is 20.3 Å². The summed E-state index contributed by atoms with van der Waals surface area (Å²) in [5, 5.41) is 3.25. The van der Waals surface area contributed by atoms with E-state index in [1.165, 1.54) is 23.2 Å². The summed E-state index contributed by atoms with van der Waals surface area (Å²) in [6.07, 6.45) is 2.91. The van der Waals surface area contributed by atoms with Crippen LogP contribution in [0.25, 0.3) is 11.2 Å². The molecule has 26 heavy (non-hydrogen) atoms. The van der Waals surface area contributed by atoms with Crippen molar-refractivity contribution in [3.63, 3.8) is 0 Å². The van der Waals surface area contributed by atoms with Gasteiger partial charge in [-0.1, -0.05) is 0 Å². The number of anilines is 1. The minimum atomic E-state index is -0.524. The Morgan fingerprint density at radius 1 is 1.31 bits per heavy atom. The Labute approximate surface area is 149 Å². The summed E-state index contributed by atoms with van der Waals surface area (Å²) < 4.78 is 20.5. The molecule has 0 aliphatic carbocycles. The van der Waals surface area contributed by atoms with E-state index in [4.69, 9.17) is 4.74 Å². The van der Waals surface area contributed by atoms with Crippen molar-refractivity contribution >= 4 is 23.1 Å². The predicted molar refractivity (Wildman–Crippen MR) is 93.4 cm³/mol.